The zero-order chi connectivity index (χ0) is 56.2. The lowest BCUT2D eigenvalue weighted by Crippen LogP contribution is -2.58. The summed E-state index contributed by atoms with van der Waals surface area (Å²) in [5.41, 5.74) is 6.06. The van der Waals surface area contributed by atoms with Gasteiger partial charge in [-0.25, -0.2) is 9.78 Å². The van der Waals surface area contributed by atoms with Crippen LogP contribution in [0.4, 0.5) is 15.6 Å². The second-order valence-electron chi connectivity index (χ2n) is 21.4. The van der Waals surface area contributed by atoms with E-state index >= 15 is 0 Å². The van der Waals surface area contributed by atoms with E-state index in [0.29, 0.717) is 49.5 Å². The van der Waals surface area contributed by atoms with Gasteiger partial charge in [-0.3, -0.25) is 34.3 Å². The summed E-state index contributed by atoms with van der Waals surface area (Å²) < 4.78 is 29.1. The largest absolute Gasteiger partial charge is 0.446 e. The van der Waals surface area contributed by atoms with Gasteiger partial charge in [-0.15, -0.1) is 0 Å². The first-order valence-corrected chi connectivity index (χ1v) is 29.7. The minimum absolute atomic E-state index is 0.0493. The SMILES string of the molecule is CN[C@@H](C)C(=O)N[C@H](C(=O)N1C[C@@H](NC(=O)CCOCCOCCOCCOCCC(=O)Nc2nc3ccc(-c4cnc(C)c(NC(=O)OC5CCCCC5)c4)cc3s2)C[C@H]1C(=O)N[C@@H]1CCCc2ccccc21)C1CCCCC1. The van der Waals surface area contributed by atoms with Crippen LogP contribution in [0.25, 0.3) is 21.3 Å². The van der Waals surface area contributed by atoms with Gasteiger partial charge in [-0.05, 0) is 126 Å². The molecule has 1 saturated heterocycles. The zero-order valence-electron chi connectivity index (χ0n) is 46.7. The number of carbonyl (C=O) groups excluding carboxylic acids is 6. The fourth-order valence-corrected chi connectivity index (χ4v) is 12.0. The number of fused-ring (bicyclic) bond motifs is 2. The molecule has 4 aromatic rings. The number of likely N-dealkylation sites (tertiary alicyclic amines) is 1. The average Bonchev–Trinajstić information content (AvgIpc) is 4.09. The molecule has 3 aliphatic carbocycles. The molecule has 4 aliphatic rings. The highest BCUT2D eigenvalue weighted by Gasteiger charge is 2.45. The minimum Gasteiger partial charge on any atom is -0.446 e. The number of carbonyl (C=O) groups is 6. The molecule has 8 rings (SSSR count). The zero-order valence-corrected chi connectivity index (χ0v) is 47.5. The Morgan fingerprint density at radius 1 is 0.738 bits per heavy atom. The third-order valence-electron chi connectivity index (χ3n) is 15.6. The standard InChI is InChI=1S/C59H81N9O11S/c1-38-49(65-59(74)79-45-17-8-5-9-18-45)33-43(36-61-38)42-21-22-48-51(34-42)80-58(64-48)66-53(70)24-26-76-28-30-78-32-31-77-29-27-75-25-23-52(69)62-44-35-50(56(72)63-47-20-12-16-40-13-10-11-19-46(40)47)68(37-44)57(73)54(41-14-6-4-7-15-41)67-55(71)39(2)60-3/h10-11,13,19,21-22,33-34,36,39,41,44-45,47,50,54,60H,4-9,12,14-18,20,23-32,35,37H2,1-3H3,(H,62,69)(H,63,72)(H,65,74)(H,67,71)(H,64,66,70)/t39-,44-,47+,50-,54-/m0/s1. The van der Waals surface area contributed by atoms with Gasteiger partial charge in [-0.1, -0.05) is 67.4 Å². The van der Waals surface area contributed by atoms with E-state index in [2.05, 4.69) is 54.0 Å². The van der Waals surface area contributed by atoms with E-state index in [9.17, 15) is 28.8 Å². The average molecular weight is 1120 g/mol. The van der Waals surface area contributed by atoms with Crippen molar-refractivity contribution in [2.45, 2.75) is 153 Å². The second-order valence-corrected chi connectivity index (χ2v) is 22.4. The highest BCUT2D eigenvalue weighted by atomic mass is 32.1. The van der Waals surface area contributed by atoms with E-state index in [4.69, 9.17) is 23.7 Å². The van der Waals surface area contributed by atoms with Crippen LogP contribution in [-0.4, -0.2) is 147 Å². The quantitative estimate of drug-likeness (QED) is 0.0321. The number of hydrogen-bond acceptors (Lipinski definition) is 15. The Kier molecular flexibility index (Phi) is 23.0. The number of rotatable bonds is 27. The second kappa shape index (κ2) is 30.6. The molecule has 2 aromatic carbocycles. The van der Waals surface area contributed by atoms with Crippen molar-refractivity contribution in [3.05, 3.63) is 71.5 Å². The molecule has 20 nitrogen and oxygen atoms in total. The number of likely N-dealkylation sites (N-methyl/N-ethyl adjacent to an activating group) is 1. The van der Waals surface area contributed by atoms with Gasteiger partial charge in [-0.2, -0.15) is 0 Å². The number of benzene rings is 2. The van der Waals surface area contributed by atoms with Crippen LogP contribution in [0.2, 0.25) is 0 Å². The van der Waals surface area contributed by atoms with Crippen LogP contribution in [-0.2, 0) is 54.1 Å². The molecule has 21 heteroatoms. The first-order valence-electron chi connectivity index (χ1n) is 28.8. The Hall–Kier alpha value is -6.10. The molecule has 0 spiro atoms. The number of nitrogens with one attached hydrogen (secondary N) is 6. The lowest BCUT2D eigenvalue weighted by molar-refractivity contribution is -0.143. The molecule has 80 heavy (non-hydrogen) atoms. The van der Waals surface area contributed by atoms with Crippen LogP contribution < -0.4 is 31.9 Å². The van der Waals surface area contributed by atoms with Crippen molar-refractivity contribution < 1.29 is 52.5 Å². The third kappa shape index (κ3) is 17.5. The summed E-state index contributed by atoms with van der Waals surface area (Å²) in [7, 11) is 1.70. The van der Waals surface area contributed by atoms with Gasteiger partial charge in [0.2, 0.25) is 29.5 Å². The van der Waals surface area contributed by atoms with Crippen molar-refractivity contribution in [2.75, 3.05) is 77.1 Å². The molecule has 3 fully saturated rings. The number of pyridine rings is 1. The first kappa shape index (κ1) is 60.0. The van der Waals surface area contributed by atoms with Gasteiger partial charge >= 0.3 is 6.09 Å². The molecule has 5 atom stereocenters. The van der Waals surface area contributed by atoms with Crippen molar-refractivity contribution in [1.82, 2.24) is 36.1 Å². The Bertz CT molecular complexity index is 2710. The van der Waals surface area contributed by atoms with Crippen LogP contribution in [0, 0.1) is 12.8 Å². The van der Waals surface area contributed by atoms with Gasteiger partial charge in [0, 0.05) is 30.8 Å². The van der Waals surface area contributed by atoms with Crippen LogP contribution >= 0.6 is 11.3 Å². The molecule has 2 aromatic heterocycles. The summed E-state index contributed by atoms with van der Waals surface area (Å²) in [6, 6.07) is 13.1. The van der Waals surface area contributed by atoms with E-state index in [1.165, 1.54) is 23.3 Å². The summed E-state index contributed by atoms with van der Waals surface area (Å²) in [5, 5.41) is 18.5. The van der Waals surface area contributed by atoms with E-state index in [-0.39, 0.29) is 93.2 Å². The normalized spacial score (nSPS) is 19.4. The number of anilines is 2. The van der Waals surface area contributed by atoms with E-state index in [0.717, 1.165) is 104 Å². The predicted octanol–water partition coefficient (Wildman–Crippen LogP) is 7.29. The number of thiazole rings is 1. The summed E-state index contributed by atoms with van der Waals surface area (Å²) in [6.07, 6.45) is 14.2. The molecule has 434 valence electrons. The highest BCUT2D eigenvalue weighted by Crippen LogP contribution is 2.34. The van der Waals surface area contributed by atoms with Gasteiger partial charge in [0.15, 0.2) is 5.13 Å². The molecule has 6 N–H and O–H groups in total. The maximum absolute atomic E-state index is 14.6. The molecule has 3 heterocycles. The lowest BCUT2D eigenvalue weighted by atomic mass is 9.83. The summed E-state index contributed by atoms with van der Waals surface area (Å²) in [6.45, 7) is 6.03. The number of hydrogen-bond donors (Lipinski definition) is 6. The lowest BCUT2D eigenvalue weighted by Gasteiger charge is -2.35. The van der Waals surface area contributed by atoms with E-state index in [1.807, 2.05) is 43.3 Å². The molecule has 1 aliphatic heterocycles. The Balaban J connectivity index is 0.689. The Morgan fingerprint density at radius 3 is 2.12 bits per heavy atom. The number of ether oxygens (including phenoxy) is 5. The number of amides is 6. The molecule has 0 radical (unpaired) electrons. The summed E-state index contributed by atoms with van der Waals surface area (Å²) in [5.74, 6) is -1.33. The molecular weight excluding hydrogens is 1040 g/mol. The number of aryl methyl sites for hydroxylation is 2. The Labute approximate surface area is 473 Å². The fourth-order valence-electron chi connectivity index (χ4n) is 11.1. The Morgan fingerprint density at radius 2 is 1.41 bits per heavy atom. The van der Waals surface area contributed by atoms with Crippen molar-refractivity contribution in [3.8, 4) is 11.1 Å². The van der Waals surface area contributed by atoms with Crippen LogP contribution in [0.3, 0.4) is 0 Å². The van der Waals surface area contributed by atoms with Gasteiger partial charge in [0.25, 0.3) is 0 Å². The molecule has 0 unspecified atom stereocenters. The number of nitrogens with zero attached hydrogens (tertiary/aromatic N) is 3. The molecule has 6 amide bonds. The highest BCUT2D eigenvalue weighted by molar-refractivity contribution is 7.22. The van der Waals surface area contributed by atoms with E-state index in [1.54, 1.807) is 25.1 Å². The van der Waals surface area contributed by atoms with Crippen molar-refractivity contribution >= 4 is 68.0 Å². The third-order valence-corrected chi connectivity index (χ3v) is 16.6. The van der Waals surface area contributed by atoms with Crippen LogP contribution in [0.15, 0.2) is 54.7 Å². The van der Waals surface area contributed by atoms with Crippen LogP contribution in [0.5, 0.6) is 0 Å². The minimum atomic E-state index is -0.820. The molecule has 0 bridgehead atoms. The maximum atomic E-state index is 14.6. The predicted molar refractivity (Wildman–Crippen MR) is 305 cm³/mol. The van der Waals surface area contributed by atoms with Gasteiger partial charge < -0.3 is 55.2 Å². The maximum Gasteiger partial charge on any atom is 0.411 e. The van der Waals surface area contributed by atoms with Crippen molar-refractivity contribution in [2.24, 2.45) is 5.92 Å². The van der Waals surface area contributed by atoms with Crippen molar-refractivity contribution in [3.63, 3.8) is 0 Å². The van der Waals surface area contributed by atoms with Crippen molar-refractivity contribution in [1.29, 1.82) is 0 Å². The van der Waals surface area contributed by atoms with Crippen LogP contribution in [0.1, 0.15) is 126 Å². The molecule has 2 saturated carbocycles. The van der Waals surface area contributed by atoms with Gasteiger partial charge in [0.1, 0.15) is 18.2 Å². The smallest absolute Gasteiger partial charge is 0.411 e. The topological polar surface area (TPSA) is 250 Å². The fraction of sp³-hybridized carbons (Fsp3) is 0.593. The van der Waals surface area contributed by atoms with E-state index < -0.39 is 30.3 Å². The first-order chi connectivity index (χ1) is 38.9. The van der Waals surface area contributed by atoms with Gasteiger partial charge in [0.05, 0.1) is 93.0 Å². The summed E-state index contributed by atoms with van der Waals surface area (Å²) in [4.78, 5) is 91.4. The molecular formula is C59H81N9O11S. The number of aromatic nitrogens is 2. The summed E-state index contributed by atoms with van der Waals surface area (Å²) >= 11 is 1.37. The monoisotopic (exact) mass is 1120 g/mol.